The lowest BCUT2D eigenvalue weighted by Crippen LogP contribution is -2.30. The van der Waals surface area contributed by atoms with E-state index in [0.29, 0.717) is 19.7 Å². The number of pyridine rings is 1. The van der Waals surface area contributed by atoms with Crippen molar-refractivity contribution in [1.82, 2.24) is 4.98 Å². The molecule has 0 fully saturated rings. The van der Waals surface area contributed by atoms with Gasteiger partial charge in [-0.1, -0.05) is 6.08 Å². The zero-order chi connectivity index (χ0) is 15.1. The van der Waals surface area contributed by atoms with Crippen molar-refractivity contribution < 1.29 is 19.6 Å². The predicted molar refractivity (Wildman–Crippen MR) is 72.1 cm³/mol. The van der Waals surface area contributed by atoms with Crippen LogP contribution < -0.4 is 4.90 Å². The molecule has 0 saturated carbocycles. The number of hydrogen-bond donors (Lipinski definition) is 1. The van der Waals surface area contributed by atoms with Crippen LogP contribution >= 0.6 is 0 Å². The first-order chi connectivity index (χ1) is 9.51. The highest BCUT2D eigenvalue weighted by Gasteiger charge is 2.21. The maximum Gasteiger partial charge on any atom is 0.339 e. The van der Waals surface area contributed by atoms with Gasteiger partial charge < -0.3 is 14.7 Å². The lowest BCUT2D eigenvalue weighted by molar-refractivity contribution is -0.385. The highest BCUT2D eigenvalue weighted by atomic mass is 16.6. The van der Waals surface area contributed by atoms with E-state index < -0.39 is 10.9 Å². The number of aromatic carboxylic acids is 1. The summed E-state index contributed by atoms with van der Waals surface area (Å²) in [5, 5.41) is 19.8. The van der Waals surface area contributed by atoms with Crippen LogP contribution in [0.15, 0.2) is 24.9 Å². The first-order valence-electron chi connectivity index (χ1n) is 5.73. The minimum Gasteiger partial charge on any atom is -0.478 e. The van der Waals surface area contributed by atoms with Crippen molar-refractivity contribution >= 4 is 17.5 Å². The van der Waals surface area contributed by atoms with Gasteiger partial charge in [-0.05, 0) is 0 Å². The molecule has 0 unspecified atom stereocenters. The molecule has 0 bridgehead atoms. The van der Waals surface area contributed by atoms with E-state index in [1.54, 1.807) is 11.0 Å². The zero-order valence-corrected chi connectivity index (χ0v) is 11.0. The van der Waals surface area contributed by atoms with Crippen molar-refractivity contribution in [2.24, 2.45) is 0 Å². The number of methoxy groups -OCH3 is 1. The Morgan fingerprint density at radius 2 is 2.40 bits per heavy atom. The highest BCUT2D eigenvalue weighted by Crippen LogP contribution is 2.22. The van der Waals surface area contributed by atoms with Gasteiger partial charge in [-0.15, -0.1) is 6.58 Å². The second-order valence-electron chi connectivity index (χ2n) is 3.85. The molecule has 0 amide bonds. The summed E-state index contributed by atoms with van der Waals surface area (Å²) in [5.41, 5.74) is -0.589. The molecule has 1 aromatic heterocycles. The average molecular weight is 281 g/mol. The molecule has 0 saturated heterocycles. The Bertz CT molecular complexity index is 518. The van der Waals surface area contributed by atoms with Gasteiger partial charge in [-0.3, -0.25) is 10.1 Å². The maximum absolute atomic E-state index is 11.2. The summed E-state index contributed by atoms with van der Waals surface area (Å²) in [4.78, 5) is 26.7. The molecule has 0 aromatic carbocycles. The molecule has 0 radical (unpaired) electrons. The molecule has 108 valence electrons. The fraction of sp³-hybridized carbons (Fsp3) is 0.333. The lowest BCUT2D eigenvalue weighted by Gasteiger charge is -2.22. The first kappa shape index (κ1) is 15.6. The lowest BCUT2D eigenvalue weighted by atomic mass is 10.2. The number of carbonyl (C=O) groups is 1. The molecule has 1 aromatic rings. The summed E-state index contributed by atoms with van der Waals surface area (Å²) in [6.45, 7) is 4.71. The van der Waals surface area contributed by atoms with E-state index in [1.165, 1.54) is 7.11 Å². The molecule has 8 heteroatoms. The average Bonchev–Trinajstić information content (AvgIpc) is 2.42. The van der Waals surface area contributed by atoms with Crippen molar-refractivity contribution in [1.29, 1.82) is 0 Å². The monoisotopic (exact) mass is 281 g/mol. The summed E-state index contributed by atoms with van der Waals surface area (Å²) in [7, 11) is 1.52. The topological polar surface area (TPSA) is 106 Å². The Balaban J connectivity index is 3.21. The molecule has 0 atom stereocenters. The van der Waals surface area contributed by atoms with Crippen LogP contribution in [0, 0.1) is 10.1 Å². The summed E-state index contributed by atoms with van der Waals surface area (Å²) in [5.74, 6) is -1.12. The largest absolute Gasteiger partial charge is 0.478 e. The molecule has 20 heavy (non-hydrogen) atoms. The Labute approximate surface area is 115 Å². The van der Waals surface area contributed by atoms with Crippen molar-refractivity contribution in [2.45, 2.75) is 0 Å². The minimum absolute atomic E-state index is 0.153. The number of hydrogen-bond acceptors (Lipinski definition) is 6. The maximum atomic E-state index is 11.2. The van der Waals surface area contributed by atoms with E-state index in [9.17, 15) is 14.9 Å². The van der Waals surface area contributed by atoms with Crippen LogP contribution in [0.25, 0.3) is 0 Å². The van der Waals surface area contributed by atoms with Gasteiger partial charge in [0.2, 0.25) is 0 Å². The molecule has 0 spiro atoms. The van der Waals surface area contributed by atoms with Gasteiger partial charge in [0.1, 0.15) is 17.6 Å². The number of rotatable bonds is 8. The third-order valence-electron chi connectivity index (χ3n) is 2.51. The van der Waals surface area contributed by atoms with Crippen molar-refractivity contribution in [3.63, 3.8) is 0 Å². The van der Waals surface area contributed by atoms with E-state index in [-0.39, 0.29) is 17.1 Å². The fourth-order valence-electron chi connectivity index (χ4n) is 1.60. The molecule has 0 aliphatic rings. The Morgan fingerprint density at radius 3 is 2.90 bits per heavy atom. The quantitative estimate of drug-likeness (QED) is 0.435. The normalized spacial score (nSPS) is 10.1. The van der Waals surface area contributed by atoms with E-state index in [1.807, 2.05) is 0 Å². The van der Waals surface area contributed by atoms with Crippen molar-refractivity contribution in [3.8, 4) is 0 Å². The van der Waals surface area contributed by atoms with Gasteiger partial charge in [-0.2, -0.15) is 0 Å². The van der Waals surface area contributed by atoms with Gasteiger partial charge in [0.05, 0.1) is 11.5 Å². The molecule has 1 N–H and O–H groups in total. The second-order valence-corrected chi connectivity index (χ2v) is 3.85. The van der Waals surface area contributed by atoms with Gasteiger partial charge in [0.15, 0.2) is 0 Å². The Morgan fingerprint density at radius 1 is 1.70 bits per heavy atom. The van der Waals surface area contributed by atoms with Crippen molar-refractivity contribution in [2.75, 3.05) is 31.7 Å². The SMILES string of the molecule is C=CCN(CCOC)c1ncc([N+](=O)[O-])cc1C(=O)O. The second kappa shape index (κ2) is 7.19. The van der Waals surface area contributed by atoms with E-state index in [4.69, 9.17) is 9.84 Å². The summed E-state index contributed by atoms with van der Waals surface area (Å²) < 4.78 is 4.94. The zero-order valence-electron chi connectivity index (χ0n) is 11.0. The van der Waals surface area contributed by atoms with Gasteiger partial charge in [0.25, 0.3) is 5.69 Å². The van der Waals surface area contributed by atoms with Gasteiger partial charge in [0, 0.05) is 26.3 Å². The number of carboxylic acid groups (broad SMARTS) is 1. The predicted octanol–water partition coefficient (Wildman–Crippen LogP) is 1.33. The van der Waals surface area contributed by atoms with Crippen LogP contribution in [0.3, 0.4) is 0 Å². The Kier molecular flexibility index (Phi) is 5.60. The highest BCUT2D eigenvalue weighted by molar-refractivity contribution is 5.94. The van der Waals surface area contributed by atoms with Gasteiger partial charge >= 0.3 is 5.97 Å². The molecule has 0 aliphatic carbocycles. The van der Waals surface area contributed by atoms with Crippen LogP contribution in [0.2, 0.25) is 0 Å². The third-order valence-corrected chi connectivity index (χ3v) is 2.51. The number of ether oxygens (including phenoxy) is 1. The van der Waals surface area contributed by atoms with E-state index in [2.05, 4.69) is 11.6 Å². The number of aromatic nitrogens is 1. The van der Waals surface area contributed by atoms with Crippen molar-refractivity contribution in [3.05, 3.63) is 40.6 Å². The minimum atomic E-state index is -1.28. The van der Waals surface area contributed by atoms with Crippen LogP contribution in [-0.2, 0) is 4.74 Å². The van der Waals surface area contributed by atoms with Gasteiger partial charge in [-0.25, -0.2) is 9.78 Å². The number of nitro groups is 1. The number of nitrogens with zero attached hydrogens (tertiary/aromatic N) is 3. The molecule has 0 aliphatic heterocycles. The smallest absolute Gasteiger partial charge is 0.339 e. The summed E-state index contributed by atoms with van der Waals surface area (Å²) in [6.07, 6.45) is 2.62. The number of anilines is 1. The van der Waals surface area contributed by atoms with Crippen LogP contribution in [0.5, 0.6) is 0 Å². The Hall–Kier alpha value is -2.48. The summed E-state index contributed by atoms with van der Waals surface area (Å²) in [6, 6.07) is 0.994. The fourth-order valence-corrected chi connectivity index (χ4v) is 1.60. The van der Waals surface area contributed by atoms with Crippen LogP contribution in [0.4, 0.5) is 11.5 Å². The molecular formula is C12H15N3O5. The number of carboxylic acids is 1. The van der Waals surface area contributed by atoms with Crippen LogP contribution in [0.1, 0.15) is 10.4 Å². The molecular weight excluding hydrogens is 266 g/mol. The third kappa shape index (κ3) is 3.75. The summed E-state index contributed by atoms with van der Waals surface area (Å²) >= 11 is 0. The van der Waals surface area contributed by atoms with E-state index in [0.717, 1.165) is 12.3 Å². The first-order valence-corrected chi connectivity index (χ1v) is 5.73. The van der Waals surface area contributed by atoms with Crippen LogP contribution in [-0.4, -0.2) is 47.8 Å². The molecule has 8 nitrogen and oxygen atoms in total. The molecule has 1 rings (SSSR count). The molecule has 1 heterocycles. The van der Waals surface area contributed by atoms with E-state index >= 15 is 0 Å². The standard InChI is InChI=1S/C12H15N3O5/c1-3-4-14(5-6-20-2)11-10(12(16)17)7-9(8-13-11)15(18)19/h3,7-8H,1,4-6H2,2H3,(H,16,17).